The number of piperidine rings is 1. The van der Waals surface area contributed by atoms with Gasteiger partial charge in [-0.2, -0.15) is 0 Å². The first kappa shape index (κ1) is 23.4. The maximum Gasteiger partial charge on any atom is 0.335 e. The minimum atomic E-state index is -0.993. The van der Waals surface area contributed by atoms with E-state index < -0.39 is 11.5 Å². The summed E-state index contributed by atoms with van der Waals surface area (Å²) in [6.45, 7) is 1.43. The summed E-state index contributed by atoms with van der Waals surface area (Å²) in [6.07, 6.45) is 1.30. The van der Waals surface area contributed by atoms with Gasteiger partial charge in [-0.15, -0.1) is 12.4 Å². The molecule has 2 aromatic carbocycles. The van der Waals surface area contributed by atoms with E-state index >= 15 is 0 Å². The molecule has 0 atom stereocenters. The molecule has 1 aliphatic rings. The van der Waals surface area contributed by atoms with Crippen molar-refractivity contribution in [1.82, 2.24) is 15.2 Å². The van der Waals surface area contributed by atoms with Gasteiger partial charge in [-0.25, -0.2) is 4.79 Å². The third-order valence-corrected chi connectivity index (χ3v) is 6.64. The standard InChI is InChI=1S/C22H21Cl2N3O3.ClH/c1-27-17-6-5-16(23)19(24)15(17)12-18(27)20(28)26-22(7-9-25-10-8-22)14-4-2-3-13(11-14)21(29)30;/h2-6,11-12,25H,7-10H2,1H3,(H,26,28)(H,29,30);1H. The lowest BCUT2D eigenvalue weighted by Crippen LogP contribution is -2.52. The van der Waals surface area contributed by atoms with Gasteiger partial charge in [0.15, 0.2) is 0 Å². The number of benzene rings is 2. The van der Waals surface area contributed by atoms with E-state index in [0.717, 1.165) is 11.1 Å². The number of hydrogen-bond acceptors (Lipinski definition) is 3. The molecule has 31 heavy (non-hydrogen) atoms. The number of carbonyl (C=O) groups is 2. The number of carboxylic acids is 1. The lowest BCUT2D eigenvalue weighted by atomic mass is 9.80. The normalized spacial score (nSPS) is 15.3. The van der Waals surface area contributed by atoms with Gasteiger partial charge in [-0.3, -0.25) is 4.79 Å². The first-order valence-electron chi connectivity index (χ1n) is 9.63. The highest BCUT2D eigenvalue weighted by atomic mass is 35.5. The van der Waals surface area contributed by atoms with Crippen LogP contribution in [-0.4, -0.2) is 34.6 Å². The second-order valence-corrected chi connectivity index (χ2v) is 8.34. The Balaban J connectivity index is 0.00000272. The number of carbonyl (C=O) groups excluding carboxylic acids is 1. The Morgan fingerprint density at radius 2 is 1.84 bits per heavy atom. The summed E-state index contributed by atoms with van der Waals surface area (Å²) in [5.41, 5.74) is 1.59. The molecule has 0 radical (unpaired) electrons. The van der Waals surface area contributed by atoms with Crippen molar-refractivity contribution in [1.29, 1.82) is 0 Å². The number of aromatic nitrogens is 1. The topological polar surface area (TPSA) is 83.4 Å². The molecule has 0 spiro atoms. The minimum absolute atomic E-state index is 0. The lowest BCUT2D eigenvalue weighted by molar-refractivity contribution is 0.0696. The van der Waals surface area contributed by atoms with E-state index in [4.69, 9.17) is 23.2 Å². The van der Waals surface area contributed by atoms with E-state index in [9.17, 15) is 14.7 Å². The van der Waals surface area contributed by atoms with E-state index in [1.807, 2.05) is 19.2 Å². The molecule has 3 N–H and O–H groups in total. The van der Waals surface area contributed by atoms with Crippen molar-refractivity contribution in [2.45, 2.75) is 18.4 Å². The molecule has 6 nitrogen and oxygen atoms in total. The van der Waals surface area contributed by atoms with Gasteiger partial charge in [-0.05, 0) is 61.8 Å². The maximum absolute atomic E-state index is 13.4. The quantitative estimate of drug-likeness (QED) is 0.507. The summed E-state index contributed by atoms with van der Waals surface area (Å²) in [7, 11) is 1.81. The number of aryl methyl sites for hydroxylation is 1. The number of nitrogens with one attached hydrogen (secondary N) is 2. The van der Waals surface area contributed by atoms with Crippen LogP contribution < -0.4 is 10.6 Å². The van der Waals surface area contributed by atoms with E-state index in [0.29, 0.717) is 47.1 Å². The van der Waals surface area contributed by atoms with E-state index in [1.54, 1.807) is 34.9 Å². The first-order chi connectivity index (χ1) is 14.3. The van der Waals surface area contributed by atoms with Crippen LogP contribution in [0.3, 0.4) is 0 Å². The Bertz CT molecular complexity index is 1150. The highest BCUT2D eigenvalue weighted by Crippen LogP contribution is 2.34. The fraction of sp³-hybridized carbons (Fsp3) is 0.273. The number of halogens is 3. The Morgan fingerprint density at radius 1 is 1.13 bits per heavy atom. The number of fused-ring (bicyclic) bond motifs is 1. The van der Waals surface area contributed by atoms with E-state index in [-0.39, 0.29) is 23.9 Å². The molecule has 0 aliphatic carbocycles. The van der Waals surface area contributed by atoms with Gasteiger partial charge in [0.25, 0.3) is 5.91 Å². The molecule has 1 saturated heterocycles. The second-order valence-electron chi connectivity index (χ2n) is 7.55. The van der Waals surface area contributed by atoms with Crippen molar-refractivity contribution < 1.29 is 14.7 Å². The molecule has 0 unspecified atom stereocenters. The molecular weight excluding hydrogens is 461 g/mol. The zero-order valence-corrected chi connectivity index (χ0v) is 19.1. The molecule has 2 heterocycles. The molecule has 1 fully saturated rings. The Labute approximate surface area is 195 Å². The van der Waals surface area contributed by atoms with Crippen LogP contribution in [-0.2, 0) is 12.6 Å². The van der Waals surface area contributed by atoms with Crippen LogP contribution in [0, 0.1) is 0 Å². The number of aromatic carboxylic acids is 1. The van der Waals surface area contributed by atoms with Gasteiger partial charge in [0.1, 0.15) is 5.69 Å². The monoisotopic (exact) mass is 481 g/mol. The zero-order chi connectivity index (χ0) is 21.5. The van der Waals surface area contributed by atoms with Gasteiger partial charge in [0, 0.05) is 18.0 Å². The van der Waals surface area contributed by atoms with Gasteiger partial charge < -0.3 is 20.3 Å². The molecule has 1 amide bonds. The van der Waals surface area contributed by atoms with Gasteiger partial charge in [0.05, 0.1) is 21.1 Å². The molecule has 1 aliphatic heterocycles. The zero-order valence-electron chi connectivity index (χ0n) is 16.7. The fourth-order valence-electron chi connectivity index (χ4n) is 4.14. The van der Waals surface area contributed by atoms with Crippen LogP contribution in [0.25, 0.3) is 10.9 Å². The third-order valence-electron chi connectivity index (χ3n) is 5.82. The van der Waals surface area contributed by atoms with Crippen LogP contribution in [0.15, 0.2) is 42.5 Å². The number of carboxylic acid groups (broad SMARTS) is 1. The molecule has 1 aromatic heterocycles. The fourth-order valence-corrected chi connectivity index (χ4v) is 4.52. The van der Waals surface area contributed by atoms with E-state index in [2.05, 4.69) is 10.6 Å². The summed E-state index contributed by atoms with van der Waals surface area (Å²) in [5, 5.41) is 17.4. The molecule has 164 valence electrons. The predicted molar refractivity (Wildman–Crippen MR) is 125 cm³/mol. The van der Waals surface area contributed by atoms with Crippen LogP contribution in [0.5, 0.6) is 0 Å². The Morgan fingerprint density at radius 3 is 2.52 bits per heavy atom. The summed E-state index contributed by atoms with van der Waals surface area (Å²) < 4.78 is 1.79. The maximum atomic E-state index is 13.4. The van der Waals surface area contributed by atoms with Gasteiger partial charge in [-0.1, -0.05) is 35.3 Å². The first-order valence-corrected chi connectivity index (χ1v) is 10.4. The molecule has 9 heteroatoms. The van der Waals surface area contributed by atoms with Crippen molar-refractivity contribution >= 4 is 58.4 Å². The number of amides is 1. The SMILES string of the molecule is Cl.Cn1c(C(=O)NC2(c3cccc(C(=O)O)c3)CCNCC2)cc2c(Cl)c(Cl)ccc21. The van der Waals surface area contributed by atoms with Crippen molar-refractivity contribution in [3.8, 4) is 0 Å². The minimum Gasteiger partial charge on any atom is -0.478 e. The number of rotatable bonds is 4. The van der Waals surface area contributed by atoms with Crippen molar-refractivity contribution in [3.63, 3.8) is 0 Å². The van der Waals surface area contributed by atoms with E-state index in [1.165, 1.54) is 0 Å². The van der Waals surface area contributed by atoms with Gasteiger partial charge in [0.2, 0.25) is 0 Å². The van der Waals surface area contributed by atoms with Crippen LogP contribution >= 0.6 is 35.6 Å². The summed E-state index contributed by atoms with van der Waals surface area (Å²) in [5.74, 6) is -1.24. The predicted octanol–water partition coefficient (Wildman–Crippen LogP) is 4.61. The van der Waals surface area contributed by atoms with Crippen molar-refractivity contribution in [3.05, 3.63) is 69.3 Å². The molecule has 4 rings (SSSR count). The Kier molecular flexibility index (Phi) is 6.86. The van der Waals surface area contributed by atoms with Crippen LogP contribution in [0.4, 0.5) is 0 Å². The molecule has 0 saturated carbocycles. The number of hydrogen-bond donors (Lipinski definition) is 3. The smallest absolute Gasteiger partial charge is 0.335 e. The Hall–Kier alpha value is -2.25. The summed E-state index contributed by atoms with van der Waals surface area (Å²) in [4.78, 5) is 24.8. The highest BCUT2D eigenvalue weighted by molar-refractivity contribution is 6.45. The van der Waals surface area contributed by atoms with Crippen molar-refractivity contribution in [2.24, 2.45) is 7.05 Å². The lowest BCUT2D eigenvalue weighted by Gasteiger charge is -2.39. The highest BCUT2D eigenvalue weighted by Gasteiger charge is 2.36. The molecule has 0 bridgehead atoms. The molecular formula is C22H22Cl3N3O3. The average Bonchev–Trinajstić information content (AvgIpc) is 3.09. The molecule has 3 aromatic rings. The third kappa shape index (κ3) is 4.26. The average molecular weight is 483 g/mol. The van der Waals surface area contributed by atoms with Gasteiger partial charge >= 0.3 is 5.97 Å². The second kappa shape index (κ2) is 9.09. The summed E-state index contributed by atoms with van der Waals surface area (Å²) in [6, 6.07) is 12.1. The number of nitrogens with zero attached hydrogens (tertiary/aromatic N) is 1. The van der Waals surface area contributed by atoms with Crippen molar-refractivity contribution in [2.75, 3.05) is 13.1 Å². The van der Waals surface area contributed by atoms with Crippen LogP contribution in [0.1, 0.15) is 39.3 Å². The van der Waals surface area contributed by atoms with Crippen LogP contribution in [0.2, 0.25) is 10.0 Å². The largest absolute Gasteiger partial charge is 0.478 e. The summed E-state index contributed by atoms with van der Waals surface area (Å²) >= 11 is 12.5.